The summed E-state index contributed by atoms with van der Waals surface area (Å²) in [5.74, 6) is 2.02. The zero-order valence-corrected chi connectivity index (χ0v) is 12.9. The predicted octanol–water partition coefficient (Wildman–Crippen LogP) is 1.74. The lowest BCUT2D eigenvalue weighted by Crippen LogP contribution is -2.53. The van der Waals surface area contributed by atoms with Gasteiger partial charge in [-0.1, -0.05) is 6.92 Å². The lowest BCUT2D eigenvalue weighted by atomic mass is 9.76. The van der Waals surface area contributed by atoms with Crippen LogP contribution in [0.3, 0.4) is 0 Å². The minimum Gasteiger partial charge on any atom is -0.306 e. The minimum atomic E-state index is 0.877. The van der Waals surface area contributed by atoms with Crippen LogP contribution >= 0.6 is 0 Å². The van der Waals surface area contributed by atoms with E-state index in [4.69, 9.17) is 0 Å². The highest BCUT2D eigenvalue weighted by atomic mass is 15.3. The molecule has 2 aliphatic heterocycles. The molecule has 110 valence electrons. The van der Waals surface area contributed by atoms with Crippen LogP contribution in [-0.4, -0.2) is 73.6 Å². The largest absolute Gasteiger partial charge is 0.306 e. The highest BCUT2D eigenvalue weighted by molar-refractivity contribution is 4.85. The second-order valence-electron chi connectivity index (χ2n) is 7.31. The third-order valence-corrected chi connectivity index (χ3v) is 5.60. The average Bonchev–Trinajstić information content (AvgIpc) is 2.39. The zero-order valence-electron chi connectivity index (χ0n) is 12.9. The molecule has 0 atom stereocenters. The van der Waals surface area contributed by atoms with Crippen molar-refractivity contribution in [2.24, 2.45) is 11.8 Å². The smallest absolute Gasteiger partial charge is 0.0121 e. The van der Waals surface area contributed by atoms with Crippen molar-refractivity contribution < 1.29 is 0 Å². The van der Waals surface area contributed by atoms with Crippen molar-refractivity contribution >= 4 is 0 Å². The van der Waals surface area contributed by atoms with E-state index in [0.717, 1.165) is 17.9 Å². The molecule has 3 nitrogen and oxygen atoms in total. The molecule has 0 radical (unpaired) electrons. The van der Waals surface area contributed by atoms with Gasteiger partial charge < -0.3 is 9.80 Å². The highest BCUT2D eigenvalue weighted by Crippen LogP contribution is 2.33. The maximum Gasteiger partial charge on any atom is 0.0121 e. The first kappa shape index (κ1) is 13.8. The van der Waals surface area contributed by atoms with E-state index in [9.17, 15) is 0 Å². The van der Waals surface area contributed by atoms with Gasteiger partial charge in [-0.25, -0.2) is 0 Å². The van der Waals surface area contributed by atoms with Gasteiger partial charge in [-0.2, -0.15) is 0 Å². The quantitative estimate of drug-likeness (QED) is 0.770. The number of nitrogens with zero attached hydrogens (tertiary/aromatic N) is 3. The molecule has 0 amide bonds. The number of hydrogen-bond acceptors (Lipinski definition) is 3. The SMILES string of the molecule is CC1CC(CN2CCN(C3CCN(C)CC3)CC2)C1. The maximum atomic E-state index is 2.77. The number of hydrogen-bond donors (Lipinski definition) is 0. The van der Waals surface area contributed by atoms with Crippen molar-refractivity contribution in [3.8, 4) is 0 Å². The fourth-order valence-corrected chi connectivity index (χ4v) is 4.25. The lowest BCUT2D eigenvalue weighted by molar-refractivity contribution is 0.0450. The van der Waals surface area contributed by atoms with E-state index in [0.29, 0.717) is 0 Å². The van der Waals surface area contributed by atoms with Crippen LogP contribution in [0.4, 0.5) is 0 Å². The molecule has 19 heavy (non-hydrogen) atoms. The van der Waals surface area contributed by atoms with E-state index >= 15 is 0 Å². The fraction of sp³-hybridized carbons (Fsp3) is 1.00. The number of likely N-dealkylation sites (tertiary alicyclic amines) is 1. The monoisotopic (exact) mass is 265 g/mol. The summed E-state index contributed by atoms with van der Waals surface area (Å²) < 4.78 is 0. The first-order valence-corrected chi connectivity index (χ1v) is 8.35. The van der Waals surface area contributed by atoms with Crippen LogP contribution in [-0.2, 0) is 0 Å². The minimum absolute atomic E-state index is 0.877. The van der Waals surface area contributed by atoms with Gasteiger partial charge in [0.1, 0.15) is 0 Å². The molecule has 2 heterocycles. The van der Waals surface area contributed by atoms with Crippen LogP contribution in [0.1, 0.15) is 32.6 Å². The first-order chi connectivity index (χ1) is 9.20. The van der Waals surface area contributed by atoms with Crippen LogP contribution in [0.2, 0.25) is 0 Å². The van der Waals surface area contributed by atoms with E-state index < -0.39 is 0 Å². The normalized spacial score (nSPS) is 36.3. The molecule has 3 aliphatic rings. The van der Waals surface area contributed by atoms with Crippen molar-refractivity contribution in [1.82, 2.24) is 14.7 Å². The van der Waals surface area contributed by atoms with Gasteiger partial charge in [0.15, 0.2) is 0 Å². The Labute approximate surface area is 118 Å². The number of piperidine rings is 1. The van der Waals surface area contributed by atoms with Crippen LogP contribution in [0.25, 0.3) is 0 Å². The average molecular weight is 265 g/mol. The molecular weight excluding hydrogens is 234 g/mol. The van der Waals surface area contributed by atoms with E-state index in [1.165, 1.54) is 71.5 Å². The van der Waals surface area contributed by atoms with E-state index in [1.54, 1.807) is 0 Å². The van der Waals surface area contributed by atoms with Crippen molar-refractivity contribution in [3.63, 3.8) is 0 Å². The summed E-state index contributed by atoms with van der Waals surface area (Å²) in [6.45, 7) is 11.6. The van der Waals surface area contributed by atoms with Crippen molar-refractivity contribution in [1.29, 1.82) is 0 Å². The summed E-state index contributed by atoms with van der Waals surface area (Å²) in [6.07, 6.45) is 5.73. The van der Waals surface area contributed by atoms with Gasteiger partial charge in [0.2, 0.25) is 0 Å². The summed E-state index contributed by atoms with van der Waals surface area (Å²) in [5.41, 5.74) is 0. The van der Waals surface area contributed by atoms with Crippen LogP contribution in [0.5, 0.6) is 0 Å². The van der Waals surface area contributed by atoms with Crippen LogP contribution in [0.15, 0.2) is 0 Å². The molecule has 0 aromatic carbocycles. The zero-order chi connectivity index (χ0) is 13.2. The predicted molar refractivity (Wildman–Crippen MR) is 80.4 cm³/mol. The van der Waals surface area contributed by atoms with Gasteiger partial charge in [-0.3, -0.25) is 4.90 Å². The Balaban J connectivity index is 1.37. The summed E-state index contributed by atoms with van der Waals surface area (Å²) >= 11 is 0. The Morgan fingerprint density at radius 2 is 1.53 bits per heavy atom. The Morgan fingerprint density at radius 3 is 2.11 bits per heavy atom. The second-order valence-corrected chi connectivity index (χ2v) is 7.31. The van der Waals surface area contributed by atoms with Crippen LogP contribution in [0, 0.1) is 11.8 Å². The Bertz CT molecular complexity index is 272. The Kier molecular flexibility index (Phi) is 4.45. The highest BCUT2D eigenvalue weighted by Gasteiger charge is 2.30. The molecule has 0 bridgehead atoms. The third kappa shape index (κ3) is 3.50. The van der Waals surface area contributed by atoms with E-state index in [2.05, 4.69) is 28.7 Å². The van der Waals surface area contributed by atoms with Crippen molar-refractivity contribution in [3.05, 3.63) is 0 Å². The molecule has 3 rings (SSSR count). The molecule has 3 heteroatoms. The molecule has 3 fully saturated rings. The Morgan fingerprint density at radius 1 is 0.895 bits per heavy atom. The molecule has 0 aromatic heterocycles. The van der Waals surface area contributed by atoms with Gasteiger partial charge in [-0.15, -0.1) is 0 Å². The molecule has 1 saturated carbocycles. The summed E-state index contributed by atoms with van der Waals surface area (Å²) in [4.78, 5) is 7.97. The standard InChI is InChI=1S/C16H31N3/c1-14-11-15(12-14)13-18-7-9-19(10-8-18)16-3-5-17(2)6-4-16/h14-16H,3-13H2,1-2H3. The maximum absolute atomic E-state index is 2.77. The Hall–Kier alpha value is -0.120. The summed E-state index contributed by atoms with van der Waals surface area (Å²) in [6, 6.07) is 0.877. The van der Waals surface area contributed by atoms with Gasteiger partial charge in [0, 0.05) is 38.8 Å². The molecule has 0 N–H and O–H groups in total. The molecular formula is C16H31N3. The molecule has 2 saturated heterocycles. The van der Waals surface area contributed by atoms with E-state index in [-0.39, 0.29) is 0 Å². The number of rotatable bonds is 3. The molecule has 1 aliphatic carbocycles. The van der Waals surface area contributed by atoms with E-state index in [1.807, 2.05) is 0 Å². The molecule has 0 spiro atoms. The first-order valence-electron chi connectivity index (χ1n) is 8.35. The molecule has 0 unspecified atom stereocenters. The lowest BCUT2D eigenvalue weighted by Gasteiger charge is -2.44. The van der Waals surface area contributed by atoms with Crippen molar-refractivity contribution in [2.75, 3.05) is 52.9 Å². The van der Waals surface area contributed by atoms with Gasteiger partial charge in [0.25, 0.3) is 0 Å². The molecule has 0 aromatic rings. The fourth-order valence-electron chi connectivity index (χ4n) is 4.25. The summed E-state index contributed by atoms with van der Waals surface area (Å²) in [7, 11) is 2.26. The number of piperazine rings is 1. The second kappa shape index (κ2) is 6.11. The summed E-state index contributed by atoms with van der Waals surface area (Å²) in [5, 5.41) is 0. The van der Waals surface area contributed by atoms with Gasteiger partial charge in [-0.05, 0) is 57.7 Å². The van der Waals surface area contributed by atoms with Gasteiger partial charge in [0.05, 0.1) is 0 Å². The topological polar surface area (TPSA) is 9.72 Å². The van der Waals surface area contributed by atoms with Crippen molar-refractivity contribution in [2.45, 2.75) is 38.6 Å². The van der Waals surface area contributed by atoms with Gasteiger partial charge >= 0.3 is 0 Å². The van der Waals surface area contributed by atoms with Crippen LogP contribution < -0.4 is 0 Å². The third-order valence-electron chi connectivity index (χ3n) is 5.60.